The number of aliphatic hydroxyl groups is 1. The molecule has 1 aliphatic carbocycles. The number of thiophene rings is 1. The molecule has 0 bridgehead atoms. The molecule has 110 valence electrons. The lowest BCUT2D eigenvalue weighted by Crippen LogP contribution is -2.34. The third-order valence-electron chi connectivity index (χ3n) is 3.51. The van der Waals surface area contributed by atoms with Crippen LogP contribution in [0.25, 0.3) is 0 Å². The van der Waals surface area contributed by atoms with Gasteiger partial charge in [0.1, 0.15) is 6.61 Å². The van der Waals surface area contributed by atoms with Crippen LogP contribution in [-0.2, 0) is 16.6 Å². The monoisotopic (exact) mass is 313 g/mol. The first-order valence-corrected chi connectivity index (χ1v) is 9.04. The lowest BCUT2D eigenvalue weighted by atomic mass is 10.3. The molecule has 6 heteroatoms. The normalized spacial score (nSPS) is 16.4. The largest absolute Gasteiger partial charge is 0.384 e. The number of rotatable bonds is 4. The first kappa shape index (κ1) is 15.5. The van der Waals surface area contributed by atoms with Crippen molar-refractivity contribution in [2.45, 2.75) is 37.5 Å². The highest BCUT2D eigenvalue weighted by Gasteiger charge is 2.32. The maximum Gasteiger partial charge on any atom is 0.217 e. The van der Waals surface area contributed by atoms with Gasteiger partial charge in [-0.2, -0.15) is 0 Å². The number of nitrogens with zero attached hydrogens (tertiary/aromatic N) is 1. The summed E-state index contributed by atoms with van der Waals surface area (Å²) in [5.74, 6) is 5.42. The standard InChI is InChI=1S/C14H19NO3S2/c1-15(20(17,18)14-6-2-3-7-14)10-12-9-13(19-11-12)5-4-8-16/h9,11,14,16H,2-3,6-8,10H2,1H3. The number of sulfonamides is 1. The second kappa shape index (κ2) is 6.72. The second-order valence-corrected chi connectivity index (χ2v) is 8.22. The summed E-state index contributed by atoms with van der Waals surface area (Å²) in [7, 11) is -1.54. The van der Waals surface area contributed by atoms with Gasteiger partial charge in [-0.05, 0) is 29.9 Å². The molecule has 20 heavy (non-hydrogen) atoms. The van der Waals surface area contributed by atoms with Gasteiger partial charge < -0.3 is 5.11 Å². The molecule has 1 aromatic heterocycles. The highest BCUT2D eigenvalue weighted by molar-refractivity contribution is 7.89. The number of aliphatic hydroxyl groups excluding tert-OH is 1. The summed E-state index contributed by atoms with van der Waals surface area (Å²) in [4.78, 5) is 0.848. The van der Waals surface area contributed by atoms with Crippen molar-refractivity contribution in [2.75, 3.05) is 13.7 Å². The number of hydrogen-bond donors (Lipinski definition) is 1. The van der Waals surface area contributed by atoms with Crippen molar-refractivity contribution in [3.63, 3.8) is 0 Å². The Labute approximate surface area is 124 Å². The van der Waals surface area contributed by atoms with Crippen LogP contribution in [0.15, 0.2) is 11.4 Å². The molecular formula is C14H19NO3S2. The van der Waals surface area contributed by atoms with Crippen molar-refractivity contribution < 1.29 is 13.5 Å². The Morgan fingerprint density at radius 3 is 2.80 bits per heavy atom. The smallest absolute Gasteiger partial charge is 0.217 e. The van der Waals surface area contributed by atoms with E-state index in [1.807, 2.05) is 11.4 Å². The van der Waals surface area contributed by atoms with Gasteiger partial charge in [-0.15, -0.1) is 11.3 Å². The van der Waals surface area contributed by atoms with Crippen LogP contribution < -0.4 is 0 Å². The summed E-state index contributed by atoms with van der Waals surface area (Å²) in [5, 5.41) is 10.4. The van der Waals surface area contributed by atoms with Crippen molar-refractivity contribution in [3.8, 4) is 11.8 Å². The minimum absolute atomic E-state index is 0.163. The molecule has 0 spiro atoms. The van der Waals surface area contributed by atoms with Gasteiger partial charge in [0, 0.05) is 13.6 Å². The van der Waals surface area contributed by atoms with Gasteiger partial charge in [-0.25, -0.2) is 12.7 Å². The van der Waals surface area contributed by atoms with E-state index in [0.717, 1.165) is 36.1 Å². The molecule has 1 saturated carbocycles. The molecule has 1 heterocycles. The van der Waals surface area contributed by atoms with Crippen LogP contribution in [0.3, 0.4) is 0 Å². The van der Waals surface area contributed by atoms with E-state index < -0.39 is 10.0 Å². The van der Waals surface area contributed by atoms with Crippen LogP contribution in [-0.4, -0.2) is 36.7 Å². The zero-order valence-corrected chi connectivity index (χ0v) is 13.1. The average Bonchev–Trinajstić information content (AvgIpc) is 3.07. The van der Waals surface area contributed by atoms with Gasteiger partial charge in [0.2, 0.25) is 10.0 Å². The average molecular weight is 313 g/mol. The molecule has 0 amide bonds. The first-order chi connectivity index (χ1) is 9.54. The van der Waals surface area contributed by atoms with E-state index >= 15 is 0 Å². The molecule has 0 aliphatic heterocycles. The van der Waals surface area contributed by atoms with E-state index in [9.17, 15) is 8.42 Å². The van der Waals surface area contributed by atoms with Crippen molar-refractivity contribution in [1.29, 1.82) is 0 Å². The van der Waals surface area contributed by atoms with Crippen LogP contribution >= 0.6 is 11.3 Å². The first-order valence-electron chi connectivity index (χ1n) is 6.66. The SMILES string of the molecule is CN(Cc1csc(C#CCO)c1)S(=O)(=O)C1CCCC1. The van der Waals surface area contributed by atoms with Gasteiger partial charge >= 0.3 is 0 Å². The highest BCUT2D eigenvalue weighted by atomic mass is 32.2. The Hall–Kier alpha value is -0.870. The minimum atomic E-state index is -3.18. The van der Waals surface area contributed by atoms with Gasteiger partial charge in [-0.3, -0.25) is 0 Å². The molecule has 0 saturated heterocycles. The molecule has 0 atom stereocenters. The molecule has 0 unspecified atom stereocenters. The van der Waals surface area contributed by atoms with Gasteiger partial charge in [-0.1, -0.05) is 24.7 Å². The zero-order chi connectivity index (χ0) is 14.6. The summed E-state index contributed by atoms with van der Waals surface area (Å²) < 4.78 is 26.2. The fourth-order valence-corrected chi connectivity index (χ4v) is 4.98. The fourth-order valence-electron chi connectivity index (χ4n) is 2.44. The molecule has 4 nitrogen and oxygen atoms in total. The van der Waals surface area contributed by atoms with Crippen molar-refractivity contribution in [1.82, 2.24) is 4.31 Å². The third kappa shape index (κ3) is 3.61. The number of hydrogen-bond acceptors (Lipinski definition) is 4. The molecule has 2 rings (SSSR count). The van der Waals surface area contributed by atoms with Crippen LogP contribution in [0.2, 0.25) is 0 Å². The minimum Gasteiger partial charge on any atom is -0.384 e. The van der Waals surface area contributed by atoms with Crippen molar-refractivity contribution in [2.24, 2.45) is 0 Å². The van der Waals surface area contributed by atoms with E-state index in [1.165, 1.54) is 15.6 Å². The van der Waals surface area contributed by atoms with Gasteiger partial charge in [0.15, 0.2) is 0 Å². The summed E-state index contributed by atoms with van der Waals surface area (Å²) >= 11 is 1.47. The predicted octanol–water partition coefficient (Wildman–Crippen LogP) is 1.80. The van der Waals surface area contributed by atoms with Crippen LogP contribution in [0.1, 0.15) is 36.1 Å². The summed E-state index contributed by atoms with van der Waals surface area (Å²) in [5.41, 5.74) is 0.946. The van der Waals surface area contributed by atoms with E-state index in [4.69, 9.17) is 5.11 Å². The lowest BCUT2D eigenvalue weighted by molar-refractivity contribution is 0.350. The van der Waals surface area contributed by atoms with Crippen molar-refractivity contribution in [3.05, 3.63) is 21.9 Å². The van der Waals surface area contributed by atoms with E-state index in [2.05, 4.69) is 11.8 Å². The van der Waals surface area contributed by atoms with Gasteiger partial charge in [0.05, 0.1) is 10.1 Å². The van der Waals surface area contributed by atoms with E-state index in [1.54, 1.807) is 7.05 Å². The molecule has 0 radical (unpaired) electrons. The summed E-state index contributed by atoms with van der Waals surface area (Å²) in [6.07, 6.45) is 3.58. The van der Waals surface area contributed by atoms with Crippen LogP contribution in [0.5, 0.6) is 0 Å². The Balaban J connectivity index is 2.03. The molecule has 1 fully saturated rings. The van der Waals surface area contributed by atoms with Crippen molar-refractivity contribution >= 4 is 21.4 Å². The fraction of sp³-hybridized carbons (Fsp3) is 0.571. The highest BCUT2D eigenvalue weighted by Crippen LogP contribution is 2.27. The molecular weight excluding hydrogens is 294 g/mol. The maximum atomic E-state index is 12.4. The Bertz CT molecular complexity index is 604. The van der Waals surface area contributed by atoms with Gasteiger partial charge in [0.25, 0.3) is 0 Å². The predicted molar refractivity (Wildman–Crippen MR) is 80.9 cm³/mol. The van der Waals surface area contributed by atoms with Crippen LogP contribution in [0, 0.1) is 11.8 Å². The van der Waals surface area contributed by atoms with Crippen LogP contribution in [0.4, 0.5) is 0 Å². The molecule has 1 N–H and O–H groups in total. The molecule has 0 aromatic carbocycles. The summed E-state index contributed by atoms with van der Waals surface area (Å²) in [6.45, 7) is 0.222. The third-order valence-corrected chi connectivity index (χ3v) is 6.71. The molecule has 1 aliphatic rings. The maximum absolute atomic E-state index is 12.4. The Morgan fingerprint density at radius 2 is 2.15 bits per heavy atom. The zero-order valence-electron chi connectivity index (χ0n) is 11.5. The topological polar surface area (TPSA) is 57.6 Å². The van der Waals surface area contributed by atoms with E-state index in [0.29, 0.717) is 6.54 Å². The summed E-state index contributed by atoms with van der Waals surface area (Å²) in [6, 6.07) is 1.88. The molecule has 1 aromatic rings. The van der Waals surface area contributed by atoms with E-state index in [-0.39, 0.29) is 11.9 Å². The Kier molecular flexibility index (Phi) is 5.22. The Morgan fingerprint density at radius 1 is 1.45 bits per heavy atom. The quantitative estimate of drug-likeness (QED) is 0.862. The lowest BCUT2D eigenvalue weighted by Gasteiger charge is -2.20. The second-order valence-electron chi connectivity index (χ2n) is 4.99.